The molecule has 0 aliphatic carbocycles. The molecule has 0 bridgehead atoms. The highest BCUT2D eigenvalue weighted by atomic mass is 16.6. The zero-order valence-corrected chi connectivity index (χ0v) is 10.7. The summed E-state index contributed by atoms with van der Waals surface area (Å²) >= 11 is 0. The van der Waals surface area contributed by atoms with Gasteiger partial charge < -0.3 is 19.7 Å². The lowest BCUT2D eigenvalue weighted by Crippen LogP contribution is -2.46. The number of carbonyl (C=O) groups excluding carboxylic acids is 1. The molecule has 1 fully saturated rings. The smallest absolute Gasteiger partial charge is 0.410 e. The van der Waals surface area contributed by atoms with Crippen LogP contribution in [0.15, 0.2) is 0 Å². The van der Waals surface area contributed by atoms with E-state index in [-0.39, 0.29) is 18.2 Å². The second-order valence-electron chi connectivity index (χ2n) is 5.09. The number of amides is 1. The molecule has 94 valence electrons. The minimum absolute atomic E-state index is 0.0394. The van der Waals surface area contributed by atoms with E-state index < -0.39 is 5.60 Å². The van der Waals surface area contributed by atoms with Gasteiger partial charge in [0.05, 0.1) is 12.1 Å². The Balaban J connectivity index is 2.56. The quantitative estimate of drug-likeness (QED) is 0.763. The fourth-order valence-electron chi connectivity index (χ4n) is 1.74. The molecule has 0 aromatic rings. The second kappa shape index (κ2) is 5.01. The van der Waals surface area contributed by atoms with Crippen molar-refractivity contribution in [2.75, 3.05) is 27.2 Å². The lowest BCUT2D eigenvalue weighted by molar-refractivity contribution is 0.00378. The van der Waals surface area contributed by atoms with E-state index in [4.69, 9.17) is 9.47 Å². The molecule has 1 rings (SSSR count). The van der Waals surface area contributed by atoms with Crippen LogP contribution in [0.2, 0.25) is 0 Å². The Morgan fingerprint density at radius 2 is 2.00 bits per heavy atom. The summed E-state index contributed by atoms with van der Waals surface area (Å²) < 4.78 is 10.6. The van der Waals surface area contributed by atoms with Crippen molar-refractivity contribution in [3.05, 3.63) is 0 Å². The van der Waals surface area contributed by atoms with Gasteiger partial charge in [0.2, 0.25) is 0 Å². The summed E-state index contributed by atoms with van der Waals surface area (Å²) in [7, 11) is 3.41. The van der Waals surface area contributed by atoms with Crippen LogP contribution in [0.4, 0.5) is 4.79 Å². The molecule has 5 nitrogen and oxygen atoms in total. The van der Waals surface area contributed by atoms with E-state index in [9.17, 15) is 4.79 Å². The average Bonchev–Trinajstić information content (AvgIpc) is 2.61. The molecule has 16 heavy (non-hydrogen) atoms. The average molecular weight is 230 g/mol. The van der Waals surface area contributed by atoms with Crippen LogP contribution in [0.3, 0.4) is 0 Å². The van der Waals surface area contributed by atoms with Gasteiger partial charge in [-0.2, -0.15) is 0 Å². The van der Waals surface area contributed by atoms with Crippen LogP contribution >= 0.6 is 0 Å². The van der Waals surface area contributed by atoms with Crippen molar-refractivity contribution in [2.45, 2.75) is 38.5 Å². The molecule has 0 saturated carbocycles. The first kappa shape index (κ1) is 13.3. The van der Waals surface area contributed by atoms with Crippen LogP contribution in [0.5, 0.6) is 0 Å². The second-order valence-corrected chi connectivity index (χ2v) is 5.09. The fourth-order valence-corrected chi connectivity index (χ4v) is 1.74. The highest BCUT2D eigenvalue weighted by molar-refractivity contribution is 5.68. The number of carbonyl (C=O) groups is 1. The van der Waals surface area contributed by atoms with E-state index in [0.717, 1.165) is 13.1 Å². The molecule has 1 amide bonds. The molecule has 1 saturated heterocycles. The lowest BCUT2D eigenvalue weighted by atomic mass is 10.2. The van der Waals surface area contributed by atoms with Gasteiger partial charge in [-0.25, -0.2) is 4.79 Å². The maximum atomic E-state index is 11.8. The summed E-state index contributed by atoms with van der Waals surface area (Å²) in [5, 5.41) is 3.20. The molecular formula is C11H22N2O3. The van der Waals surface area contributed by atoms with Gasteiger partial charge in [0, 0.05) is 27.2 Å². The van der Waals surface area contributed by atoms with Gasteiger partial charge in [0.15, 0.2) is 0 Å². The minimum atomic E-state index is -0.458. The van der Waals surface area contributed by atoms with Gasteiger partial charge in [-0.05, 0) is 20.8 Å². The molecular weight excluding hydrogens is 208 g/mol. The Kier molecular flexibility index (Phi) is 4.15. The molecule has 2 atom stereocenters. The fraction of sp³-hybridized carbons (Fsp3) is 0.909. The third-order valence-electron chi connectivity index (χ3n) is 2.61. The maximum absolute atomic E-state index is 11.8. The van der Waals surface area contributed by atoms with E-state index in [1.807, 2.05) is 20.8 Å². The zero-order chi connectivity index (χ0) is 12.3. The van der Waals surface area contributed by atoms with Crippen molar-refractivity contribution < 1.29 is 14.3 Å². The molecule has 5 heteroatoms. The van der Waals surface area contributed by atoms with Crippen molar-refractivity contribution in [1.82, 2.24) is 10.2 Å². The predicted octanol–water partition coefficient (Wildman–Crippen LogP) is 0.840. The number of rotatable bonds is 2. The first-order valence-electron chi connectivity index (χ1n) is 5.54. The Morgan fingerprint density at radius 3 is 2.50 bits per heavy atom. The monoisotopic (exact) mass is 230 g/mol. The number of nitrogens with zero attached hydrogens (tertiary/aromatic N) is 1. The van der Waals surface area contributed by atoms with Crippen LogP contribution in [0.1, 0.15) is 20.8 Å². The van der Waals surface area contributed by atoms with Gasteiger partial charge in [-0.3, -0.25) is 0 Å². The maximum Gasteiger partial charge on any atom is 0.410 e. The number of methoxy groups -OCH3 is 1. The van der Waals surface area contributed by atoms with Crippen molar-refractivity contribution in [3.63, 3.8) is 0 Å². The molecule has 0 aromatic heterocycles. The van der Waals surface area contributed by atoms with E-state index in [0.29, 0.717) is 0 Å². The van der Waals surface area contributed by atoms with Crippen LogP contribution < -0.4 is 5.32 Å². The summed E-state index contributed by atoms with van der Waals surface area (Å²) in [5.74, 6) is 0. The highest BCUT2D eigenvalue weighted by Gasteiger charge is 2.34. The van der Waals surface area contributed by atoms with Crippen LogP contribution in [-0.4, -0.2) is 56.0 Å². The number of likely N-dealkylation sites (N-methyl/N-ethyl adjacent to an activating group) is 1. The zero-order valence-electron chi connectivity index (χ0n) is 10.7. The SMILES string of the molecule is CO[C@H]1CNC[C@@H]1N(C)C(=O)OC(C)(C)C. The Bertz CT molecular complexity index is 250. The van der Waals surface area contributed by atoms with E-state index in [1.165, 1.54) is 0 Å². The topological polar surface area (TPSA) is 50.8 Å². The van der Waals surface area contributed by atoms with Crippen molar-refractivity contribution in [1.29, 1.82) is 0 Å². The normalized spacial score (nSPS) is 25.6. The van der Waals surface area contributed by atoms with Crippen LogP contribution in [0.25, 0.3) is 0 Å². The van der Waals surface area contributed by atoms with Crippen molar-refractivity contribution >= 4 is 6.09 Å². The molecule has 0 spiro atoms. The van der Waals surface area contributed by atoms with Crippen molar-refractivity contribution in [2.24, 2.45) is 0 Å². The lowest BCUT2D eigenvalue weighted by Gasteiger charge is -2.30. The standard InChI is InChI=1S/C11H22N2O3/c1-11(2,3)16-10(14)13(4)8-6-12-7-9(8)15-5/h8-9,12H,6-7H2,1-5H3/t8-,9-/m0/s1. The predicted molar refractivity (Wildman–Crippen MR) is 61.5 cm³/mol. The third kappa shape index (κ3) is 3.35. The van der Waals surface area contributed by atoms with E-state index >= 15 is 0 Å². The minimum Gasteiger partial charge on any atom is -0.444 e. The summed E-state index contributed by atoms with van der Waals surface area (Å²) in [6, 6.07) is 0.0415. The van der Waals surface area contributed by atoms with Gasteiger partial charge >= 0.3 is 6.09 Å². The number of ether oxygens (including phenoxy) is 2. The number of hydrogen-bond donors (Lipinski definition) is 1. The Hall–Kier alpha value is -0.810. The first-order chi connectivity index (χ1) is 7.35. The van der Waals surface area contributed by atoms with Crippen LogP contribution in [0, 0.1) is 0 Å². The molecule has 1 aliphatic rings. The van der Waals surface area contributed by atoms with Crippen LogP contribution in [-0.2, 0) is 9.47 Å². The highest BCUT2D eigenvalue weighted by Crippen LogP contribution is 2.15. The molecule has 0 unspecified atom stereocenters. The molecule has 1 aliphatic heterocycles. The number of hydrogen-bond acceptors (Lipinski definition) is 4. The molecule has 0 radical (unpaired) electrons. The van der Waals surface area contributed by atoms with Gasteiger partial charge in [0.25, 0.3) is 0 Å². The van der Waals surface area contributed by atoms with Gasteiger partial charge in [0.1, 0.15) is 5.60 Å². The van der Waals surface area contributed by atoms with Crippen molar-refractivity contribution in [3.8, 4) is 0 Å². The largest absolute Gasteiger partial charge is 0.444 e. The molecule has 1 N–H and O–H groups in total. The summed E-state index contributed by atoms with van der Waals surface area (Å²) in [4.78, 5) is 13.4. The Morgan fingerprint density at radius 1 is 1.38 bits per heavy atom. The first-order valence-corrected chi connectivity index (χ1v) is 5.54. The third-order valence-corrected chi connectivity index (χ3v) is 2.61. The Labute approximate surface area is 97.1 Å². The van der Waals surface area contributed by atoms with E-state index in [1.54, 1.807) is 19.1 Å². The summed E-state index contributed by atoms with van der Waals surface area (Å²) in [6.45, 7) is 7.10. The van der Waals surface area contributed by atoms with Gasteiger partial charge in [-0.15, -0.1) is 0 Å². The summed E-state index contributed by atoms with van der Waals surface area (Å²) in [6.07, 6.45) is -0.263. The molecule has 1 heterocycles. The number of nitrogens with one attached hydrogen (secondary N) is 1. The van der Waals surface area contributed by atoms with E-state index in [2.05, 4.69) is 5.32 Å². The molecule has 0 aromatic carbocycles. The summed E-state index contributed by atoms with van der Waals surface area (Å²) in [5.41, 5.74) is -0.458. The van der Waals surface area contributed by atoms with Gasteiger partial charge in [-0.1, -0.05) is 0 Å².